The third kappa shape index (κ3) is 5.06. The van der Waals surface area contributed by atoms with Crippen LogP contribution < -0.4 is 10.8 Å². The summed E-state index contributed by atoms with van der Waals surface area (Å²) in [7, 11) is 0. The number of amides is 2. The van der Waals surface area contributed by atoms with E-state index in [0.29, 0.717) is 10.8 Å². The molecular weight excluding hydrogens is 384 g/mol. The monoisotopic (exact) mass is 404 g/mol. The van der Waals surface area contributed by atoms with Crippen LogP contribution in [0.1, 0.15) is 22.2 Å². The fraction of sp³-hybridized carbons (Fsp3) is 0.278. The highest BCUT2D eigenvalue weighted by Gasteiger charge is 2.32. The summed E-state index contributed by atoms with van der Waals surface area (Å²) in [5.74, 6) is 0. The van der Waals surface area contributed by atoms with Crippen molar-refractivity contribution < 1.29 is 24.3 Å². The lowest BCUT2D eigenvalue weighted by atomic mass is 10.1. The molecule has 1 unspecified atom stereocenters. The van der Waals surface area contributed by atoms with Gasteiger partial charge in [-0.25, -0.2) is 14.6 Å². The average molecular weight is 404 g/mol. The van der Waals surface area contributed by atoms with E-state index in [0.717, 1.165) is 10.4 Å². The van der Waals surface area contributed by atoms with Gasteiger partial charge in [0.05, 0.1) is 29.8 Å². The summed E-state index contributed by atoms with van der Waals surface area (Å²) in [6, 6.07) is 8.92. The van der Waals surface area contributed by atoms with E-state index in [1.54, 1.807) is 6.08 Å². The minimum atomic E-state index is -1.05. The Morgan fingerprint density at radius 3 is 2.89 bits per heavy atom. The standard InChI is InChI=1S/C18H20N4O5S/c1-2-8-27-21-14-10-22(18(24)25)9-13-15(14)28-16(19-13)20-17(23)26-11-12-6-4-3-5-7-12/h2-7,14,21H,1,8-11H2,(H,24,25)(H,19,20,23). The van der Waals surface area contributed by atoms with E-state index in [9.17, 15) is 14.7 Å². The van der Waals surface area contributed by atoms with E-state index in [-0.39, 0.29) is 26.3 Å². The van der Waals surface area contributed by atoms with Gasteiger partial charge in [0.15, 0.2) is 5.13 Å². The van der Waals surface area contributed by atoms with Gasteiger partial charge in [-0.2, -0.15) is 5.48 Å². The van der Waals surface area contributed by atoms with Crippen molar-refractivity contribution in [2.24, 2.45) is 0 Å². The lowest BCUT2D eigenvalue weighted by molar-refractivity contribution is 0.0199. The number of hydroxylamine groups is 1. The predicted octanol–water partition coefficient (Wildman–Crippen LogP) is 3.13. The molecule has 9 nitrogen and oxygen atoms in total. The molecule has 28 heavy (non-hydrogen) atoms. The topological polar surface area (TPSA) is 113 Å². The van der Waals surface area contributed by atoms with Crippen molar-refractivity contribution >= 4 is 28.7 Å². The van der Waals surface area contributed by atoms with E-state index >= 15 is 0 Å². The normalized spacial score (nSPS) is 15.6. The molecule has 3 N–H and O–H groups in total. The number of rotatable bonds is 7. The summed E-state index contributed by atoms with van der Waals surface area (Å²) in [4.78, 5) is 35.1. The number of thiazole rings is 1. The van der Waals surface area contributed by atoms with Crippen molar-refractivity contribution in [2.75, 3.05) is 18.5 Å². The number of hydrogen-bond donors (Lipinski definition) is 3. The SMILES string of the molecule is C=CCONC1CN(C(=O)O)Cc2nc(NC(=O)OCc3ccccc3)sc21. The van der Waals surface area contributed by atoms with Crippen molar-refractivity contribution in [1.82, 2.24) is 15.4 Å². The highest BCUT2D eigenvalue weighted by atomic mass is 32.1. The quantitative estimate of drug-likeness (QED) is 0.369. The van der Waals surface area contributed by atoms with Gasteiger partial charge in [-0.1, -0.05) is 47.7 Å². The predicted molar refractivity (Wildman–Crippen MR) is 103 cm³/mol. The summed E-state index contributed by atoms with van der Waals surface area (Å²) in [6.45, 7) is 4.33. The molecule has 2 amide bonds. The summed E-state index contributed by atoms with van der Waals surface area (Å²) in [6.07, 6.45) is -0.0999. The number of nitrogens with zero attached hydrogens (tertiary/aromatic N) is 2. The number of benzene rings is 1. The maximum atomic E-state index is 12.0. The lowest BCUT2D eigenvalue weighted by Crippen LogP contribution is -2.41. The van der Waals surface area contributed by atoms with Crippen molar-refractivity contribution in [3.8, 4) is 0 Å². The second kappa shape index (κ2) is 9.31. The highest BCUT2D eigenvalue weighted by Crippen LogP contribution is 2.34. The molecule has 2 heterocycles. The number of hydrogen-bond acceptors (Lipinski definition) is 7. The van der Waals surface area contributed by atoms with Crippen LogP contribution in [0.25, 0.3) is 0 Å². The average Bonchev–Trinajstić information content (AvgIpc) is 3.09. The van der Waals surface area contributed by atoms with Crippen LogP contribution in [0.3, 0.4) is 0 Å². The van der Waals surface area contributed by atoms with Crippen LogP contribution in [0.4, 0.5) is 14.7 Å². The van der Waals surface area contributed by atoms with E-state index in [1.807, 2.05) is 30.3 Å². The van der Waals surface area contributed by atoms with Gasteiger partial charge in [0.2, 0.25) is 0 Å². The minimum Gasteiger partial charge on any atom is -0.465 e. The van der Waals surface area contributed by atoms with Crippen LogP contribution in [0.2, 0.25) is 0 Å². The molecule has 1 aliphatic rings. The molecule has 1 aromatic heterocycles. The Morgan fingerprint density at radius 1 is 1.39 bits per heavy atom. The van der Waals surface area contributed by atoms with Crippen LogP contribution in [0.15, 0.2) is 43.0 Å². The first-order valence-corrected chi connectivity index (χ1v) is 9.32. The molecule has 10 heteroatoms. The van der Waals surface area contributed by atoms with Gasteiger partial charge in [0.25, 0.3) is 0 Å². The molecule has 148 valence electrons. The van der Waals surface area contributed by atoms with Gasteiger partial charge in [-0.15, -0.1) is 6.58 Å². The second-order valence-corrected chi connectivity index (χ2v) is 6.98. The van der Waals surface area contributed by atoms with Crippen LogP contribution in [0, 0.1) is 0 Å². The lowest BCUT2D eigenvalue weighted by Gasteiger charge is -2.29. The molecule has 0 saturated heterocycles. The molecule has 1 aliphatic heterocycles. The van der Waals surface area contributed by atoms with Crippen LogP contribution in [-0.4, -0.2) is 40.3 Å². The Balaban J connectivity index is 1.65. The van der Waals surface area contributed by atoms with Crippen LogP contribution in [0.5, 0.6) is 0 Å². The van der Waals surface area contributed by atoms with Gasteiger partial charge in [0.1, 0.15) is 6.61 Å². The molecule has 0 spiro atoms. The largest absolute Gasteiger partial charge is 0.465 e. The van der Waals surface area contributed by atoms with E-state index in [1.165, 1.54) is 16.2 Å². The zero-order valence-corrected chi connectivity index (χ0v) is 15.8. The Hall–Kier alpha value is -2.95. The first kappa shape index (κ1) is 19.8. The highest BCUT2D eigenvalue weighted by molar-refractivity contribution is 7.16. The molecule has 1 atom stereocenters. The first-order valence-electron chi connectivity index (χ1n) is 8.50. The molecule has 1 aromatic carbocycles. The number of ether oxygens (including phenoxy) is 1. The number of nitrogens with one attached hydrogen (secondary N) is 2. The summed E-state index contributed by atoms with van der Waals surface area (Å²) < 4.78 is 5.19. The molecule has 0 radical (unpaired) electrons. The number of anilines is 1. The van der Waals surface area contributed by atoms with E-state index < -0.39 is 18.2 Å². The van der Waals surface area contributed by atoms with Crippen molar-refractivity contribution in [3.05, 3.63) is 59.1 Å². The molecule has 0 saturated carbocycles. The molecule has 2 aromatic rings. The van der Waals surface area contributed by atoms with Gasteiger partial charge < -0.3 is 14.7 Å². The third-order valence-electron chi connectivity index (χ3n) is 3.91. The summed E-state index contributed by atoms with van der Waals surface area (Å²) in [5.41, 5.74) is 4.27. The fourth-order valence-corrected chi connectivity index (χ4v) is 3.63. The van der Waals surface area contributed by atoms with E-state index in [4.69, 9.17) is 9.57 Å². The molecule has 0 bridgehead atoms. The number of fused-ring (bicyclic) bond motifs is 1. The van der Waals surface area contributed by atoms with Crippen molar-refractivity contribution in [3.63, 3.8) is 0 Å². The third-order valence-corrected chi connectivity index (χ3v) is 5.03. The minimum absolute atomic E-state index is 0.140. The summed E-state index contributed by atoms with van der Waals surface area (Å²) in [5, 5.41) is 12.2. The smallest absolute Gasteiger partial charge is 0.413 e. The first-order chi connectivity index (χ1) is 13.6. The molecule has 0 fully saturated rings. The van der Waals surface area contributed by atoms with Gasteiger partial charge in [-0.05, 0) is 5.56 Å². The number of aromatic nitrogens is 1. The Labute approximate surface area is 165 Å². The van der Waals surface area contributed by atoms with Crippen LogP contribution >= 0.6 is 11.3 Å². The maximum absolute atomic E-state index is 12.0. The van der Waals surface area contributed by atoms with Gasteiger partial charge in [0, 0.05) is 6.54 Å². The summed E-state index contributed by atoms with van der Waals surface area (Å²) >= 11 is 1.25. The Kier molecular flexibility index (Phi) is 6.58. The van der Waals surface area contributed by atoms with Crippen molar-refractivity contribution in [2.45, 2.75) is 19.2 Å². The zero-order chi connectivity index (χ0) is 19.9. The second-order valence-electron chi connectivity index (χ2n) is 5.95. The van der Waals surface area contributed by atoms with Gasteiger partial charge >= 0.3 is 12.2 Å². The maximum Gasteiger partial charge on any atom is 0.413 e. The number of carbonyl (C=O) groups is 2. The Bertz CT molecular complexity index is 842. The molecular formula is C18H20N4O5S. The Morgan fingerprint density at radius 2 is 2.18 bits per heavy atom. The molecule has 0 aliphatic carbocycles. The van der Waals surface area contributed by atoms with Crippen molar-refractivity contribution in [1.29, 1.82) is 0 Å². The van der Waals surface area contributed by atoms with Crippen LogP contribution in [-0.2, 0) is 22.7 Å². The number of carbonyl (C=O) groups excluding carboxylic acids is 1. The van der Waals surface area contributed by atoms with Gasteiger partial charge in [-0.3, -0.25) is 10.2 Å². The number of carboxylic acid groups (broad SMARTS) is 1. The van der Waals surface area contributed by atoms with E-state index in [2.05, 4.69) is 22.4 Å². The fourth-order valence-electron chi connectivity index (χ4n) is 2.64. The molecule has 3 rings (SSSR count). The zero-order valence-electron chi connectivity index (χ0n) is 15.0.